The molecule has 1 aromatic carbocycles. The highest BCUT2D eigenvalue weighted by atomic mass is 19.1. The van der Waals surface area contributed by atoms with Crippen LogP contribution in [0.5, 0.6) is 0 Å². The Bertz CT molecular complexity index is 174. The monoisotopic (exact) mass is 146 g/mol. The van der Waals surface area contributed by atoms with E-state index in [1.54, 1.807) is 0 Å². The van der Waals surface area contributed by atoms with Gasteiger partial charge in [-0.2, -0.15) is 0 Å². The molecular formula is C6H6BF3. The molecule has 0 atom stereocenters. The minimum atomic E-state index is -0.896. The Morgan fingerprint density at radius 2 is 0.900 bits per heavy atom. The van der Waals surface area contributed by atoms with Gasteiger partial charge >= 0.3 is 0 Å². The van der Waals surface area contributed by atoms with Gasteiger partial charge in [0.25, 0.3) is 0 Å². The maximum Gasteiger partial charge on any atom is 0.129 e. The molecule has 0 amide bonds. The van der Waals surface area contributed by atoms with Crippen molar-refractivity contribution in [1.82, 2.24) is 0 Å². The Morgan fingerprint density at radius 1 is 0.700 bits per heavy atom. The number of hydrogen-bond donors (Lipinski definition) is 0. The van der Waals surface area contributed by atoms with Crippen molar-refractivity contribution in [1.29, 1.82) is 0 Å². The average Bonchev–Trinajstić information content (AvgIpc) is 1.59. The van der Waals surface area contributed by atoms with Gasteiger partial charge in [-0.05, 0) is 0 Å². The fourth-order valence-corrected chi connectivity index (χ4v) is 0.520. The van der Waals surface area contributed by atoms with Gasteiger partial charge < -0.3 is 0 Å². The van der Waals surface area contributed by atoms with Crippen LogP contribution in [0.2, 0.25) is 0 Å². The summed E-state index contributed by atoms with van der Waals surface area (Å²) in [5, 5.41) is 0. The quantitative estimate of drug-likeness (QED) is 0.477. The highest BCUT2D eigenvalue weighted by molar-refractivity contribution is 5.75. The lowest BCUT2D eigenvalue weighted by Gasteiger charge is -1.88. The van der Waals surface area contributed by atoms with Crippen molar-refractivity contribution in [3.63, 3.8) is 0 Å². The molecule has 0 aliphatic carbocycles. The summed E-state index contributed by atoms with van der Waals surface area (Å²) in [7, 11) is 0. The molecule has 0 unspecified atom stereocenters. The summed E-state index contributed by atoms with van der Waals surface area (Å²) >= 11 is 0. The van der Waals surface area contributed by atoms with Gasteiger partial charge in [0, 0.05) is 18.2 Å². The average molecular weight is 146 g/mol. The van der Waals surface area contributed by atoms with Crippen molar-refractivity contribution in [2.45, 2.75) is 0 Å². The SMILES string of the molecule is B.Fc1cc(F)cc(F)c1. The molecule has 1 aromatic rings. The minimum Gasteiger partial charge on any atom is -0.207 e. The molecule has 0 bridgehead atoms. The normalized spacial score (nSPS) is 8.70. The number of hydrogen-bond acceptors (Lipinski definition) is 0. The molecule has 0 radical (unpaired) electrons. The zero-order chi connectivity index (χ0) is 6.85. The lowest BCUT2D eigenvalue weighted by Crippen LogP contribution is -1.81. The first-order valence-electron chi connectivity index (χ1n) is 2.30. The van der Waals surface area contributed by atoms with E-state index in [0.29, 0.717) is 18.2 Å². The van der Waals surface area contributed by atoms with Crippen LogP contribution in [-0.2, 0) is 0 Å². The van der Waals surface area contributed by atoms with E-state index >= 15 is 0 Å². The van der Waals surface area contributed by atoms with Crippen LogP contribution in [0.25, 0.3) is 0 Å². The molecule has 0 saturated carbocycles. The van der Waals surface area contributed by atoms with E-state index < -0.39 is 17.5 Å². The first-order valence-corrected chi connectivity index (χ1v) is 2.30. The van der Waals surface area contributed by atoms with Gasteiger partial charge in [-0.25, -0.2) is 13.2 Å². The molecule has 0 aromatic heterocycles. The van der Waals surface area contributed by atoms with Gasteiger partial charge in [-0.3, -0.25) is 0 Å². The first kappa shape index (κ1) is 9.07. The maximum absolute atomic E-state index is 11.9. The molecule has 0 saturated heterocycles. The van der Waals surface area contributed by atoms with Gasteiger partial charge in [0.05, 0.1) is 8.41 Å². The predicted octanol–water partition coefficient (Wildman–Crippen LogP) is 0.920. The van der Waals surface area contributed by atoms with Crippen LogP contribution >= 0.6 is 0 Å². The van der Waals surface area contributed by atoms with Gasteiger partial charge in [0.1, 0.15) is 17.5 Å². The summed E-state index contributed by atoms with van der Waals surface area (Å²) in [6.07, 6.45) is 0. The molecule has 1 rings (SSSR count). The molecule has 0 nitrogen and oxygen atoms in total. The highest BCUT2D eigenvalue weighted by Gasteiger charge is 1.96. The number of benzene rings is 1. The predicted molar refractivity (Wildman–Crippen MR) is 36.3 cm³/mol. The molecule has 4 heteroatoms. The molecule has 54 valence electrons. The number of halogens is 3. The van der Waals surface area contributed by atoms with Crippen molar-refractivity contribution in [3.05, 3.63) is 35.7 Å². The molecule has 10 heavy (non-hydrogen) atoms. The van der Waals surface area contributed by atoms with E-state index in [2.05, 4.69) is 0 Å². The largest absolute Gasteiger partial charge is 0.207 e. The molecule has 0 spiro atoms. The molecule has 0 fully saturated rings. The molecular weight excluding hydrogens is 140 g/mol. The second-order valence-electron chi connectivity index (χ2n) is 1.59. The Morgan fingerprint density at radius 3 is 1.10 bits per heavy atom. The summed E-state index contributed by atoms with van der Waals surface area (Å²) in [6, 6.07) is 1.84. The first-order chi connectivity index (χ1) is 4.18. The summed E-state index contributed by atoms with van der Waals surface area (Å²) in [5.74, 6) is -2.69. The van der Waals surface area contributed by atoms with Crippen LogP contribution in [-0.4, -0.2) is 8.41 Å². The molecule has 0 heterocycles. The lowest BCUT2D eigenvalue weighted by molar-refractivity contribution is 0.543. The van der Waals surface area contributed by atoms with Crippen LogP contribution < -0.4 is 0 Å². The third-order valence-electron chi connectivity index (χ3n) is 0.827. The van der Waals surface area contributed by atoms with E-state index in [1.165, 1.54) is 0 Å². The van der Waals surface area contributed by atoms with Gasteiger partial charge in [-0.15, -0.1) is 0 Å². The second-order valence-corrected chi connectivity index (χ2v) is 1.59. The van der Waals surface area contributed by atoms with Crippen LogP contribution in [0.3, 0.4) is 0 Å². The third-order valence-corrected chi connectivity index (χ3v) is 0.827. The van der Waals surface area contributed by atoms with Crippen LogP contribution in [0.4, 0.5) is 13.2 Å². The third kappa shape index (κ3) is 2.13. The summed E-state index contributed by atoms with van der Waals surface area (Å²) in [5.41, 5.74) is 0. The van der Waals surface area contributed by atoms with Crippen molar-refractivity contribution < 1.29 is 13.2 Å². The van der Waals surface area contributed by atoms with E-state index in [0.717, 1.165) is 0 Å². The van der Waals surface area contributed by atoms with E-state index in [1.807, 2.05) is 0 Å². The van der Waals surface area contributed by atoms with Crippen molar-refractivity contribution in [2.75, 3.05) is 0 Å². The molecule has 0 N–H and O–H groups in total. The lowest BCUT2D eigenvalue weighted by atomic mass is 10.3. The van der Waals surface area contributed by atoms with Gasteiger partial charge in [-0.1, -0.05) is 0 Å². The van der Waals surface area contributed by atoms with E-state index in [-0.39, 0.29) is 8.41 Å². The highest BCUT2D eigenvalue weighted by Crippen LogP contribution is 2.04. The van der Waals surface area contributed by atoms with Crippen LogP contribution in [0, 0.1) is 17.5 Å². The molecule has 0 aliphatic rings. The molecule has 0 aliphatic heterocycles. The Hall–Kier alpha value is -0.925. The zero-order valence-corrected chi connectivity index (χ0v) is 4.37. The Kier molecular flexibility index (Phi) is 2.99. The Balaban J connectivity index is 0.000000810. The topological polar surface area (TPSA) is 0 Å². The second kappa shape index (κ2) is 3.30. The van der Waals surface area contributed by atoms with E-state index in [4.69, 9.17) is 0 Å². The summed E-state index contributed by atoms with van der Waals surface area (Å²) in [4.78, 5) is 0. The van der Waals surface area contributed by atoms with Crippen molar-refractivity contribution in [2.24, 2.45) is 0 Å². The summed E-state index contributed by atoms with van der Waals surface area (Å²) < 4.78 is 35.8. The van der Waals surface area contributed by atoms with Crippen LogP contribution in [0.15, 0.2) is 18.2 Å². The van der Waals surface area contributed by atoms with Crippen LogP contribution in [0.1, 0.15) is 0 Å². The standard InChI is InChI=1S/C6H3F3.BH3/c7-4-1-5(8)3-6(9)2-4;/h1-3H;1H3. The van der Waals surface area contributed by atoms with E-state index in [9.17, 15) is 13.2 Å². The summed E-state index contributed by atoms with van der Waals surface area (Å²) in [6.45, 7) is 0. The fraction of sp³-hybridized carbons (Fsp3) is 0. The zero-order valence-electron chi connectivity index (χ0n) is 4.37. The van der Waals surface area contributed by atoms with Gasteiger partial charge in [0.15, 0.2) is 0 Å². The minimum absolute atomic E-state index is 0. The smallest absolute Gasteiger partial charge is 0.129 e. The van der Waals surface area contributed by atoms with Crippen molar-refractivity contribution >= 4 is 8.41 Å². The fourth-order valence-electron chi connectivity index (χ4n) is 0.520. The number of rotatable bonds is 0. The van der Waals surface area contributed by atoms with Crippen molar-refractivity contribution in [3.8, 4) is 0 Å². The maximum atomic E-state index is 11.9. The Labute approximate surface area is 58.3 Å². The van der Waals surface area contributed by atoms with Gasteiger partial charge in [0.2, 0.25) is 0 Å².